The van der Waals surface area contributed by atoms with Gasteiger partial charge in [-0.1, -0.05) is 30.0 Å². The van der Waals surface area contributed by atoms with Crippen LogP contribution in [0.15, 0.2) is 67.0 Å². The lowest BCUT2D eigenvalue weighted by Crippen LogP contribution is -2.28. The van der Waals surface area contributed by atoms with Crippen LogP contribution >= 0.6 is 0 Å². The third-order valence-corrected chi connectivity index (χ3v) is 3.43. The van der Waals surface area contributed by atoms with Crippen LogP contribution in [0.4, 0.5) is 5.69 Å². The normalized spacial score (nSPS) is 9.92. The first-order valence-corrected chi connectivity index (χ1v) is 7.95. The Hall–Kier alpha value is -3.36. The molecule has 0 aliphatic rings. The number of benzene rings is 2. The predicted octanol–water partition coefficient (Wildman–Crippen LogP) is 2.54. The van der Waals surface area contributed by atoms with Crippen LogP contribution in [0, 0.1) is 11.8 Å². The van der Waals surface area contributed by atoms with Gasteiger partial charge in [0.1, 0.15) is 5.82 Å². The summed E-state index contributed by atoms with van der Waals surface area (Å²) in [7, 11) is 0. The summed E-state index contributed by atoms with van der Waals surface area (Å²) in [5, 5.41) is 5.87. The van der Waals surface area contributed by atoms with Crippen LogP contribution in [0.1, 0.15) is 17.0 Å². The van der Waals surface area contributed by atoms with Crippen molar-refractivity contribution in [1.82, 2.24) is 15.3 Å². The summed E-state index contributed by atoms with van der Waals surface area (Å²) < 4.78 is 0. The maximum atomic E-state index is 11.9. The number of imidazole rings is 1. The van der Waals surface area contributed by atoms with E-state index in [0.29, 0.717) is 6.54 Å². The molecule has 0 bridgehead atoms. The Morgan fingerprint density at radius 1 is 1.00 bits per heavy atom. The van der Waals surface area contributed by atoms with Gasteiger partial charge in [-0.15, -0.1) is 0 Å². The molecule has 0 aliphatic heterocycles. The zero-order chi connectivity index (χ0) is 17.3. The summed E-state index contributed by atoms with van der Waals surface area (Å²) in [4.78, 5) is 19.0. The van der Waals surface area contributed by atoms with Crippen LogP contribution in [-0.2, 0) is 11.3 Å². The molecule has 0 saturated heterocycles. The van der Waals surface area contributed by atoms with Crippen molar-refractivity contribution in [2.75, 3.05) is 11.9 Å². The topological polar surface area (TPSA) is 69.8 Å². The van der Waals surface area contributed by atoms with Crippen molar-refractivity contribution in [1.29, 1.82) is 0 Å². The Balaban J connectivity index is 1.48. The zero-order valence-electron chi connectivity index (χ0n) is 13.6. The van der Waals surface area contributed by atoms with Crippen molar-refractivity contribution < 1.29 is 4.79 Å². The molecule has 124 valence electrons. The van der Waals surface area contributed by atoms with Gasteiger partial charge < -0.3 is 15.6 Å². The van der Waals surface area contributed by atoms with Crippen molar-refractivity contribution in [3.8, 4) is 11.8 Å². The van der Waals surface area contributed by atoms with Crippen molar-refractivity contribution >= 4 is 11.6 Å². The number of carbonyl (C=O) groups excluding carboxylic acids is 1. The van der Waals surface area contributed by atoms with Gasteiger partial charge in [0, 0.05) is 29.2 Å². The second kappa shape index (κ2) is 8.48. The number of rotatable bonds is 5. The summed E-state index contributed by atoms with van der Waals surface area (Å²) in [5.74, 6) is 6.91. The van der Waals surface area contributed by atoms with Crippen LogP contribution in [0.5, 0.6) is 0 Å². The van der Waals surface area contributed by atoms with Crippen LogP contribution in [0.25, 0.3) is 0 Å². The van der Waals surface area contributed by atoms with Crippen LogP contribution in [0.3, 0.4) is 0 Å². The van der Waals surface area contributed by atoms with E-state index >= 15 is 0 Å². The summed E-state index contributed by atoms with van der Waals surface area (Å²) in [6.45, 7) is 0.741. The average Bonchev–Trinajstić information content (AvgIpc) is 3.15. The summed E-state index contributed by atoms with van der Waals surface area (Å²) in [6, 6.07) is 17.3. The number of H-pyrrole nitrogens is 1. The Labute approximate surface area is 146 Å². The van der Waals surface area contributed by atoms with Gasteiger partial charge in [0.15, 0.2) is 0 Å². The van der Waals surface area contributed by atoms with E-state index in [9.17, 15) is 4.79 Å². The lowest BCUT2D eigenvalue weighted by atomic mass is 10.1. The number of amides is 1. The number of carbonyl (C=O) groups is 1. The Morgan fingerprint density at radius 2 is 1.72 bits per heavy atom. The van der Waals surface area contributed by atoms with E-state index in [4.69, 9.17) is 0 Å². The molecule has 3 rings (SSSR count). The maximum Gasteiger partial charge on any atom is 0.238 e. The van der Waals surface area contributed by atoms with E-state index in [2.05, 4.69) is 32.4 Å². The monoisotopic (exact) mass is 330 g/mol. The van der Waals surface area contributed by atoms with Gasteiger partial charge in [-0.05, 0) is 36.4 Å². The third kappa shape index (κ3) is 5.34. The molecule has 1 aromatic heterocycles. The van der Waals surface area contributed by atoms with Crippen molar-refractivity contribution in [2.24, 2.45) is 0 Å². The van der Waals surface area contributed by atoms with Crippen molar-refractivity contribution in [3.05, 3.63) is 83.9 Å². The van der Waals surface area contributed by atoms with Crippen LogP contribution in [0.2, 0.25) is 0 Å². The largest absolute Gasteiger partial charge is 0.348 e. The minimum atomic E-state index is -0.102. The highest BCUT2D eigenvalue weighted by molar-refractivity contribution is 5.92. The fraction of sp³-hybridized carbons (Fsp3) is 0.100. The van der Waals surface area contributed by atoms with Gasteiger partial charge in [0.25, 0.3) is 0 Å². The Bertz CT molecular complexity index is 860. The molecule has 0 fully saturated rings. The first kappa shape index (κ1) is 16.5. The van der Waals surface area contributed by atoms with E-state index in [1.807, 2.05) is 54.6 Å². The number of nitrogens with zero attached hydrogens (tertiary/aromatic N) is 1. The molecule has 0 atom stereocenters. The molecule has 1 amide bonds. The van der Waals surface area contributed by atoms with E-state index in [0.717, 1.165) is 22.6 Å². The summed E-state index contributed by atoms with van der Waals surface area (Å²) >= 11 is 0. The SMILES string of the molecule is O=C(CNCc1ncc[nH]1)Nc1ccc(C#Cc2ccccc2)cc1. The molecule has 2 aromatic carbocycles. The van der Waals surface area contributed by atoms with Crippen LogP contribution in [-0.4, -0.2) is 22.4 Å². The van der Waals surface area contributed by atoms with E-state index in [1.54, 1.807) is 12.4 Å². The molecule has 3 N–H and O–H groups in total. The van der Waals surface area contributed by atoms with E-state index in [-0.39, 0.29) is 12.5 Å². The third-order valence-electron chi connectivity index (χ3n) is 3.43. The van der Waals surface area contributed by atoms with Gasteiger partial charge in [-0.25, -0.2) is 4.98 Å². The fourth-order valence-corrected chi connectivity index (χ4v) is 2.20. The molecule has 3 aromatic rings. The molecular formula is C20H18N4O. The second-order valence-corrected chi connectivity index (χ2v) is 5.38. The highest BCUT2D eigenvalue weighted by Gasteiger charge is 2.02. The number of anilines is 1. The molecule has 0 aliphatic carbocycles. The second-order valence-electron chi connectivity index (χ2n) is 5.38. The molecule has 5 nitrogen and oxygen atoms in total. The van der Waals surface area contributed by atoms with Gasteiger partial charge >= 0.3 is 0 Å². The van der Waals surface area contributed by atoms with Gasteiger partial charge in [-0.2, -0.15) is 0 Å². The minimum absolute atomic E-state index is 0.102. The predicted molar refractivity (Wildman–Crippen MR) is 97.8 cm³/mol. The van der Waals surface area contributed by atoms with Gasteiger partial charge in [-0.3, -0.25) is 4.79 Å². The van der Waals surface area contributed by atoms with E-state index in [1.165, 1.54) is 0 Å². The zero-order valence-corrected chi connectivity index (χ0v) is 13.6. The highest BCUT2D eigenvalue weighted by Crippen LogP contribution is 2.09. The lowest BCUT2D eigenvalue weighted by molar-refractivity contribution is -0.115. The average molecular weight is 330 g/mol. The molecule has 0 saturated carbocycles. The number of hydrogen-bond acceptors (Lipinski definition) is 3. The Kier molecular flexibility index (Phi) is 5.60. The quantitative estimate of drug-likeness (QED) is 0.630. The number of nitrogens with one attached hydrogen (secondary N) is 3. The number of aromatic nitrogens is 2. The molecule has 0 radical (unpaired) electrons. The number of aromatic amines is 1. The van der Waals surface area contributed by atoms with Crippen molar-refractivity contribution in [2.45, 2.75) is 6.54 Å². The highest BCUT2D eigenvalue weighted by atomic mass is 16.1. The lowest BCUT2D eigenvalue weighted by Gasteiger charge is -2.06. The smallest absolute Gasteiger partial charge is 0.238 e. The van der Waals surface area contributed by atoms with E-state index < -0.39 is 0 Å². The first-order valence-electron chi connectivity index (χ1n) is 7.95. The fourth-order valence-electron chi connectivity index (χ4n) is 2.20. The molecule has 25 heavy (non-hydrogen) atoms. The maximum absolute atomic E-state index is 11.9. The van der Waals surface area contributed by atoms with Gasteiger partial charge in [0.05, 0.1) is 13.1 Å². The van der Waals surface area contributed by atoms with Crippen molar-refractivity contribution in [3.63, 3.8) is 0 Å². The Morgan fingerprint density at radius 3 is 2.40 bits per heavy atom. The summed E-state index contributed by atoms with van der Waals surface area (Å²) in [6.07, 6.45) is 3.43. The first-order chi connectivity index (χ1) is 12.3. The minimum Gasteiger partial charge on any atom is -0.348 e. The molecule has 5 heteroatoms. The molecule has 0 unspecified atom stereocenters. The summed E-state index contributed by atoms with van der Waals surface area (Å²) in [5.41, 5.74) is 2.62. The number of hydrogen-bond donors (Lipinski definition) is 3. The standard InChI is InChI=1S/C20H18N4O/c25-20(15-21-14-19-22-12-13-23-19)24-18-10-8-17(9-11-18)7-6-16-4-2-1-3-5-16/h1-5,8-13,21H,14-15H2,(H,22,23)(H,24,25). The molecular weight excluding hydrogens is 312 g/mol. The van der Waals surface area contributed by atoms with Gasteiger partial charge in [0.2, 0.25) is 5.91 Å². The molecule has 0 spiro atoms. The van der Waals surface area contributed by atoms with Crippen LogP contribution < -0.4 is 10.6 Å². The molecule has 1 heterocycles.